The maximum absolute atomic E-state index is 11.9. The first kappa shape index (κ1) is 25.9. The Kier molecular flexibility index (Phi) is 18.9. The fourth-order valence-corrected chi connectivity index (χ4v) is 3.02. The quantitative estimate of drug-likeness (QED) is 0.186. The van der Waals surface area contributed by atoms with Gasteiger partial charge in [0.1, 0.15) is 0 Å². The smallest absolute Gasteiger partial charge is 0.305 e. The minimum Gasteiger partial charge on any atom is -0.465 e. The minimum absolute atomic E-state index is 0.116. The Morgan fingerprint density at radius 1 is 0.593 bits per heavy atom. The Morgan fingerprint density at radius 2 is 1.00 bits per heavy atom. The summed E-state index contributed by atoms with van der Waals surface area (Å²) in [5.74, 6) is -0.108. The van der Waals surface area contributed by atoms with Crippen molar-refractivity contribution in [1.29, 1.82) is 0 Å². The fourth-order valence-electron chi connectivity index (χ4n) is 3.02. The largest absolute Gasteiger partial charge is 0.465 e. The Balaban J connectivity index is 3.94. The van der Waals surface area contributed by atoms with Crippen molar-refractivity contribution in [3.63, 3.8) is 0 Å². The molecule has 0 rings (SSSR count). The molecule has 27 heavy (non-hydrogen) atoms. The lowest BCUT2D eigenvalue weighted by Crippen LogP contribution is -2.21. The number of unbranched alkanes of at least 4 members (excludes halogenated alkanes) is 9. The average molecular weight is 385 g/mol. The molecule has 0 aromatic heterocycles. The minimum atomic E-state index is -0.116. The van der Waals surface area contributed by atoms with Crippen molar-refractivity contribution in [1.82, 2.24) is 0 Å². The van der Waals surface area contributed by atoms with Crippen LogP contribution in [-0.4, -0.2) is 25.2 Å². The van der Waals surface area contributed by atoms with Crippen molar-refractivity contribution in [2.75, 3.05) is 13.2 Å². The predicted octanol–water partition coefficient (Wildman–Crippen LogP) is 6.60. The predicted molar refractivity (Wildman–Crippen MR) is 112 cm³/mol. The second kappa shape index (κ2) is 19.7. The van der Waals surface area contributed by atoms with E-state index < -0.39 is 0 Å². The maximum Gasteiger partial charge on any atom is 0.305 e. The number of carbonyl (C=O) groups is 2. The first-order valence-corrected chi connectivity index (χ1v) is 11.4. The summed E-state index contributed by atoms with van der Waals surface area (Å²) in [5.41, 5.74) is 0. The molecular weight excluding hydrogens is 340 g/mol. The third-order valence-corrected chi connectivity index (χ3v) is 4.89. The van der Waals surface area contributed by atoms with Gasteiger partial charge in [0.05, 0.1) is 13.2 Å². The van der Waals surface area contributed by atoms with Gasteiger partial charge in [-0.1, -0.05) is 85.0 Å². The van der Waals surface area contributed by atoms with Gasteiger partial charge in [0.25, 0.3) is 0 Å². The van der Waals surface area contributed by atoms with Crippen LogP contribution in [-0.2, 0) is 19.1 Å². The highest BCUT2D eigenvalue weighted by Crippen LogP contribution is 2.13. The summed E-state index contributed by atoms with van der Waals surface area (Å²) in [7, 11) is 0. The van der Waals surface area contributed by atoms with Crippen molar-refractivity contribution in [3.05, 3.63) is 0 Å². The standard InChI is InChI=1S/C23H44O4/c1-4-7-10-12-14-17-22(24)26-19-21(16-9-6-3)20-27-23(25)18-15-13-11-8-5-2/h21H,4-20H2,1-3H3. The summed E-state index contributed by atoms with van der Waals surface area (Å²) in [6, 6.07) is 0. The first-order chi connectivity index (χ1) is 13.1. The molecule has 0 saturated heterocycles. The molecule has 0 saturated carbocycles. The van der Waals surface area contributed by atoms with Crippen molar-refractivity contribution >= 4 is 11.9 Å². The third-order valence-electron chi connectivity index (χ3n) is 4.89. The van der Waals surface area contributed by atoms with E-state index in [2.05, 4.69) is 20.8 Å². The zero-order valence-corrected chi connectivity index (χ0v) is 18.2. The molecular formula is C23H44O4. The monoisotopic (exact) mass is 384 g/mol. The molecule has 0 unspecified atom stereocenters. The lowest BCUT2D eigenvalue weighted by molar-refractivity contribution is -0.149. The molecule has 0 spiro atoms. The van der Waals surface area contributed by atoms with E-state index in [1.54, 1.807) is 0 Å². The molecule has 0 aromatic rings. The van der Waals surface area contributed by atoms with E-state index in [9.17, 15) is 9.59 Å². The van der Waals surface area contributed by atoms with Crippen LogP contribution in [0.5, 0.6) is 0 Å². The van der Waals surface area contributed by atoms with Crippen LogP contribution < -0.4 is 0 Å². The summed E-state index contributed by atoms with van der Waals surface area (Å²) in [5, 5.41) is 0. The normalized spacial score (nSPS) is 11.0. The van der Waals surface area contributed by atoms with Crippen LogP contribution in [0.4, 0.5) is 0 Å². The van der Waals surface area contributed by atoms with Crippen LogP contribution in [0, 0.1) is 5.92 Å². The molecule has 0 heterocycles. The third kappa shape index (κ3) is 18.1. The van der Waals surface area contributed by atoms with E-state index in [1.807, 2.05) is 0 Å². The number of esters is 2. The molecule has 0 aliphatic rings. The van der Waals surface area contributed by atoms with Gasteiger partial charge in [-0.2, -0.15) is 0 Å². The van der Waals surface area contributed by atoms with E-state index in [1.165, 1.54) is 38.5 Å². The Morgan fingerprint density at radius 3 is 1.41 bits per heavy atom. The van der Waals surface area contributed by atoms with Gasteiger partial charge in [-0.3, -0.25) is 9.59 Å². The Hall–Kier alpha value is -1.06. The number of carbonyl (C=O) groups excluding carboxylic acids is 2. The summed E-state index contributed by atoms with van der Waals surface area (Å²) in [6.45, 7) is 7.25. The molecule has 0 aliphatic carbocycles. The highest BCUT2D eigenvalue weighted by atomic mass is 16.5. The highest BCUT2D eigenvalue weighted by molar-refractivity contribution is 5.69. The van der Waals surface area contributed by atoms with Crippen LogP contribution in [0.25, 0.3) is 0 Å². The van der Waals surface area contributed by atoms with Crippen molar-refractivity contribution in [2.45, 2.75) is 117 Å². The molecule has 0 amide bonds. The van der Waals surface area contributed by atoms with Crippen LogP contribution in [0.1, 0.15) is 117 Å². The van der Waals surface area contributed by atoms with Gasteiger partial charge < -0.3 is 9.47 Å². The lowest BCUT2D eigenvalue weighted by atomic mass is 10.0. The molecule has 0 radical (unpaired) electrons. The van der Waals surface area contributed by atoms with Gasteiger partial charge in [-0.15, -0.1) is 0 Å². The van der Waals surface area contributed by atoms with Gasteiger partial charge in [-0.05, 0) is 19.3 Å². The van der Waals surface area contributed by atoms with Crippen LogP contribution in [0.15, 0.2) is 0 Å². The van der Waals surface area contributed by atoms with E-state index in [-0.39, 0.29) is 17.9 Å². The molecule has 0 aliphatic heterocycles. The summed E-state index contributed by atoms with van der Waals surface area (Å²) in [4.78, 5) is 23.8. The second-order valence-corrected chi connectivity index (χ2v) is 7.70. The summed E-state index contributed by atoms with van der Waals surface area (Å²) >= 11 is 0. The van der Waals surface area contributed by atoms with Gasteiger partial charge in [0.2, 0.25) is 0 Å². The SMILES string of the molecule is CCCCCCCC(=O)OCC(CCCC)COC(=O)CCCCCCC. The Labute approximate surface area is 167 Å². The number of rotatable bonds is 19. The first-order valence-electron chi connectivity index (χ1n) is 11.4. The lowest BCUT2D eigenvalue weighted by Gasteiger charge is -2.17. The number of hydrogen-bond acceptors (Lipinski definition) is 4. The van der Waals surface area contributed by atoms with Gasteiger partial charge in [-0.25, -0.2) is 0 Å². The van der Waals surface area contributed by atoms with E-state index in [4.69, 9.17) is 9.47 Å². The van der Waals surface area contributed by atoms with Crippen LogP contribution in [0.3, 0.4) is 0 Å². The summed E-state index contributed by atoms with van der Waals surface area (Å²) in [6.07, 6.45) is 15.4. The molecule has 4 heteroatoms. The van der Waals surface area contributed by atoms with Crippen molar-refractivity contribution in [2.24, 2.45) is 5.92 Å². The molecule has 0 bridgehead atoms. The summed E-state index contributed by atoms with van der Waals surface area (Å²) < 4.78 is 10.9. The fraction of sp³-hybridized carbons (Fsp3) is 0.913. The topological polar surface area (TPSA) is 52.6 Å². The van der Waals surface area contributed by atoms with E-state index >= 15 is 0 Å². The molecule has 4 nitrogen and oxygen atoms in total. The molecule has 0 fully saturated rings. The highest BCUT2D eigenvalue weighted by Gasteiger charge is 2.14. The number of ether oxygens (including phenoxy) is 2. The average Bonchev–Trinajstić information content (AvgIpc) is 2.67. The zero-order chi connectivity index (χ0) is 20.2. The van der Waals surface area contributed by atoms with E-state index in [0.29, 0.717) is 26.1 Å². The van der Waals surface area contributed by atoms with Crippen molar-refractivity contribution < 1.29 is 19.1 Å². The van der Waals surface area contributed by atoms with Crippen LogP contribution >= 0.6 is 0 Å². The molecule has 0 atom stereocenters. The van der Waals surface area contributed by atoms with E-state index in [0.717, 1.165) is 44.9 Å². The molecule has 0 N–H and O–H groups in total. The maximum atomic E-state index is 11.9. The second-order valence-electron chi connectivity index (χ2n) is 7.70. The zero-order valence-electron chi connectivity index (χ0n) is 18.2. The number of hydrogen-bond donors (Lipinski definition) is 0. The van der Waals surface area contributed by atoms with Crippen LogP contribution in [0.2, 0.25) is 0 Å². The molecule has 160 valence electrons. The Bertz CT molecular complexity index is 324. The van der Waals surface area contributed by atoms with Crippen molar-refractivity contribution in [3.8, 4) is 0 Å². The van der Waals surface area contributed by atoms with Gasteiger partial charge in [0.15, 0.2) is 0 Å². The van der Waals surface area contributed by atoms with Gasteiger partial charge in [0, 0.05) is 18.8 Å². The molecule has 0 aromatic carbocycles. The van der Waals surface area contributed by atoms with Gasteiger partial charge >= 0.3 is 11.9 Å².